The quantitative estimate of drug-likeness (QED) is 0.862. The van der Waals surface area contributed by atoms with Gasteiger partial charge in [0, 0.05) is 23.0 Å². The molecule has 1 aromatic rings. The molecule has 1 aliphatic heterocycles. The lowest BCUT2D eigenvalue weighted by molar-refractivity contribution is 0.176. The summed E-state index contributed by atoms with van der Waals surface area (Å²) in [6.45, 7) is 2.23. The fourth-order valence-corrected chi connectivity index (χ4v) is 2.42. The van der Waals surface area contributed by atoms with Gasteiger partial charge in [0.2, 0.25) is 0 Å². The highest BCUT2D eigenvalue weighted by molar-refractivity contribution is 9.10. The summed E-state index contributed by atoms with van der Waals surface area (Å²) < 4.78 is 6.64. The number of aliphatic hydroxyl groups excluding tert-OH is 1. The first-order chi connectivity index (χ1) is 7.11. The standard InChI is InChI=1S/C11H14BrNO2/c1-6-2-7-3-8(12)4-9(10(14)5-13)11(7)15-6/h3-4,6,10,14H,2,5,13H2,1H3. The third-order valence-corrected chi connectivity index (χ3v) is 3.03. The molecule has 0 saturated carbocycles. The van der Waals surface area contributed by atoms with E-state index < -0.39 is 6.10 Å². The molecule has 15 heavy (non-hydrogen) atoms. The molecule has 0 aromatic heterocycles. The van der Waals surface area contributed by atoms with E-state index in [1.54, 1.807) is 0 Å². The first-order valence-corrected chi connectivity index (χ1v) is 5.78. The molecule has 1 heterocycles. The van der Waals surface area contributed by atoms with Crippen molar-refractivity contribution < 1.29 is 9.84 Å². The Kier molecular flexibility index (Phi) is 3.00. The molecule has 0 bridgehead atoms. The molecule has 0 amide bonds. The minimum Gasteiger partial charge on any atom is -0.490 e. The molecule has 3 N–H and O–H groups in total. The molecule has 2 atom stereocenters. The first kappa shape index (κ1) is 10.9. The molecular weight excluding hydrogens is 258 g/mol. The predicted octanol–water partition coefficient (Wildman–Crippen LogP) is 1.76. The number of hydrogen-bond donors (Lipinski definition) is 2. The summed E-state index contributed by atoms with van der Waals surface area (Å²) in [5, 5.41) is 9.78. The van der Waals surface area contributed by atoms with Crippen molar-refractivity contribution in [3.63, 3.8) is 0 Å². The van der Waals surface area contributed by atoms with Gasteiger partial charge in [-0.25, -0.2) is 0 Å². The summed E-state index contributed by atoms with van der Waals surface area (Å²) in [7, 11) is 0. The lowest BCUT2D eigenvalue weighted by atomic mass is 10.0. The number of benzene rings is 1. The van der Waals surface area contributed by atoms with Crippen molar-refractivity contribution in [2.24, 2.45) is 5.73 Å². The van der Waals surface area contributed by atoms with Crippen molar-refractivity contribution >= 4 is 15.9 Å². The topological polar surface area (TPSA) is 55.5 Å². The SMILES string of the molecule is CC1Cc2cc(Br)cc(C(O)CN)c2O1. The van der Waals surface area contributed by atoms with Crippen LogP contribution in [0.15, 0.2) is 16.6 Å². The summed E-state index contributed by atoms with van der Waals surface area (Å²) >= 11 is 3.43. The molecule has 2 unspecified atom stereocenters. The van der Waals surface area contributed by atoms with Gasteiger partial charge in [-0.2, -0.15) is 0 Å². The average Bonchev–Trinajstić information content (AvgIpc) is 2.55. The van der Waals surface area contributed by atoms with E-state index in [1.807, 2.05) is 19.1 Å². The lowest BCUT2D eigenvalue weighted by Crippen LogP contribution is -2.13. The van der Waals surface area contributed by atoms with Crippen LogP contribution in [-0.2, 0) is 6.42 Å². The summed E-state index contributed by atoms with van der Waals surface area (Å²) in [6, 6.07) is 3.90. The zero-order valence-corrected chi connectivity index (χ0v) is 10.1. The molecule has 0 aliphatic carbocycles. The molecule has 0 spiro atoms. The number of hydrogen-bond acceptors (Lipinski definition) is 3. The minimum absolute atomic E-state index is 0.179. The molecule has 1 aromatic carbocycles. The third-order valence-electron chi connectivity index (χ3n) is 2.57. The fraction of sp³-hybridized carbons (Fsp3) is 0.455. The van der Waals surface area contributed by atoms with E-state index in [0.717, 1.165) is 27.8 Å². The lowest BCUT2D eigenvalue weighted by Gasteiger charge is -2.14. The van der Waals surface area contributed by atoms with Crippen LogP contribution in [0.3, 0.4) is 0 Å². The van der Waals surface area contributed by atoms with Crippen LogP contribution in [0.1, 0.15) is 24.2 Å². The smallest absolute Gasteiger partial charge is 0.128 e. The van der Waals surface area contributed by atoms with Gasteiger partial charge in [-0.05, 0) is 24.6 Å². The zero-order valence-electron chi connectivity index (χ0n) is 8.53. The summed E-state index contributed by atoms with van der Waals surface area (Å²) in [5.74, 6) is 0.809. The minimum atomic E-state index is -0.651. The van der Waals surface area contributed by atoms with E-state index in [0.29, 0.717) is 0 Å². The summed E-state index contributed by atoms with van der Waals surface area (Å²) in [4.78, 5) is 0. The second kappa shape index (κ2) is 4.12. The van der Waals surface area contributed by atoms with Crippen molar-refractivity contribution in [2.45, 2.75) is 25.6 Å². The Morgan fingerprint density at radius 3 is 3.07 bits per heavy atom. The Labute approximate surface area is 97.4 Å². The van der Waals surface area contributed by atoms with Crippen LogP contribution in [0.5, 0.6) is 5.75 Å². The Morgan fingerprint density at radius 2 is 2.40 bits per heavy atom. The Hall–Kier alpha value is -0.580. The van der Waals surface area contributed by atoms with Gasteiger partial charge >= 0.3 is 0 Å². The molecule has 0 fully saturated rings. The number of halogens is 1. The van der Waals surface area contributed by atoms with E-state index in [9.17, 15) is 5.11 Å². The largest absolute Gasteiger partial charge is 0.490 e. The first-order valence-electron chi connectivity index (χ1n) is 4.99. The van der Waals surface area contributed by atoms with Crippen molar-refractivity contribution in [2.75, 3.05) is 6.54 Å². The molecule has 0 radical (unpaired) electrons. The Morgan fingerprint density at radius 1 is 1.67 bits per heavy atom. The second-order valence-corrected chi connectivity index (χ2v) is 4.78. The van der Waals surface area contributed by atoms with Crippen LogP contribution in [-0.4, -0.2) is 17.8 Å². The van der Waals surface area contributed by atoms with Crippen LogP contribution in [0.25, 0.3) is 0 Å². The van der Waals surface area contributed by atoms with E-state index in [2.05, 4.69) is 15.9 Å². The van der Waals surface area contributed by atoms with Gasteiger partial charge < -0.3 is 15.6 Å². The summed E-state index contributed by atoms with van der Waals surface area (Å²) in [6.07, 6.45) is 0.415. The van der Waals surface area contributed by atoms with E-state index in [-0.39, 0.29) is 12.6 Å². The van der Waals surface area contributed by atoms with Crippen LogP contribution in [0.2, 0.25) is 0 Å². The Balaban J connectivity index is 2.47. The van der Waals surface area contributed by atoms with Gasteiger partial charge in [-0.3, -0.25) is 0 Å². The summed E-state index contributed by atoms with van der Waals surface area (Å²) in [5.41, 5.74) is 7.38. The number of ether oxygens (including phenoxy) is 1. The maximum Gasteiger partial charge on any atom is 0.128 e. The van der Waals surface area contributed by atoms with Crippen LogP contribution >= 0.6 is 15.9 Å². The zero-order chi connectivity index (χ0) is 11.0. The highest BCUT2D eigenvalue weighted by Gasteiger charge is 2.25. The van der Waals surface area contributed by atoms with Crippen LogP contribution in [0, 0.1) is 0 Å². The van der Waals surface area contributed by atoms with E-state index in [4.69, 9.17) is 10.5 Å². The van der Waals surface area contributed by atoms with Gasteiger partial charge in [-0.15, -0.1) is 0 Å². The maximum absolute atomic E-state index is 9.78. The van der Waals surface area contributed by atoms with Gasteiger partial charge in [0.15, 0.2) is 0 Å². The van der Waals surface area contributed by atoms with Crippen molar-refractivity contribution in [3.05, 3.63) is 27.7 Å². The molecule has 4 heteroatoms. The van der Waals surface area contributed by atoms with Crippen molar-refractivity contribution in [1.29, 1.82) is 0 Å². The third kappa shape index (κ3) is 2.02. The molecular formula is C11H14BrNO2. The van der Waals surface area contributed by atoms with Crippen molar-refractivity contribution in [3.8, 4) is 5.75 Å². The molecule has 82 valence electrons. The predicted molar refractivity (Wildman–Crippen MR) is 62.0 cm³/mol. The van der Waals surface area contributed by atoms with Crippen LogP contribution in [0.4, 0.5) is 0 Å². The van der Waals surface area contributed by atoms with Gasteiger partial charge in [0.25, 0.3) is 0 Å². The van der Waals surface area contributed by atoms with Crippen molar-refractivity contribution in [1.82, 2.24) is 0 Å². The van der Waals surface area contributed by atoms with E-state index in [1.165, 1.54) is 0 Å². The van der Waals surface area contributed by atoms with Crippen LogP contribution < -0.4 is 10.5 Å². The number of nitrogens with two attached hydrogens (primary N) is 1. The van der Waals surface area contributed by atoms with E-state index >= 15 is 0 Å². The monoisotopic (exact) mass is 271 g/mol. The molecule has 3 nitrogen and oxygen atoms in total. The maximum atomic E-state index is 9.78. The average molecular weight is 272 g/mol. The van der Waals surface area contributed by atoms with Gasteiger partial charge in [0.05, 0.1) is 6.10 Å². The Bertz CT molecular complexity index is 381. The normalized spacial score (nSPS) is 20.9. The van der Waals surface area contributed by atoms with Gasteiger partial charge in [-0.1, -0.05) is 15.9 Å². The van der Waals surface area contributed by atoms with Gasteiger partial charge in [0.1, 0.15) is 11.9 Å². The highest BCUT2D eigenvalue weighted by Crippen LogP contribution is 2.38. The second-order valence-electron chi connectivity index (χ2n) is 3.87. The highest BCUT2D eigenvalue weighted by atomic mass is 79.9. The number of rotatable bonds is 2. The number of fused-ring (bicyclic) bond motifs is 1. The molecule has 2 rings (SSSR count). The molecule has 0 saturated heterocycles. The fourth-order valence-electron chi connectivity index (χ4n) is 1.90. The molecule has 1 aliphatic rings. The number of aliphatic hydroxyl groups is 1.